The summed E-state index contributed by atoms with van der Waals surface area (Å²) in [5.74, 6) is 7.73. The molecule has 1 unspecified atom stereocenters. The molecule has 2 aromatic carbocycles. The molecule has 2 amide bonds. The Kier molecular flexibility index (Phi) is 7.51. The van der Waals surface area contributed by atoms with Crippen LogP contribution in [-0.4, -0.2) is 42.3 Å². The van der Waals surface area contributed by atoms with E-state index in [-0.39, 0.29) is 25.5 Å². The zero-order valence-corrected chi connectivity index (χ0v) is 17.5. The molecule has 3 rings (SSSR count). The summed E-state index contributed by atoms with van der Waals surface area (Å²) in [5, 5.41) is 13.5. The highest BCUT2D eigenvalue weighted by atomic mass is 16.5. The van der Waals surface area contributed by atoms with E-state index in [1.165, 1.54) is 0 Å². The molecule has 0 fully saturated rings. The highest BCUT2D eigenvalue weighted by Crippen LogP contribution is 2.44. The lowest BCUT2D eigenvalue weighted by Crippen LogP contribution is -2.47. The quantitative estimate of drug-likeness (QED) is 0.611. The number of rotatable bonds is 6. The summed E-state index contributed by atoms with van der Waals surface area (Å²) < 4.78 is 5.47. The zero-order valence-electron chi connectivity index (χ0n) is 17.5. The number of carboxylic acids is 1. The first-order chi connectivity index (χ1) is 15.5. The fourth-order valence-corrected chi connectivity index (χ4v) is 3.57. The fraction of sp³-hybridized carbons (Fsp3) is 0.240. The number of amides is 2. The molecule has 0 aromatic heterocycles. The molecular formula is C25H22N2O5. The second kappa shape index (κ2) is 10.7. The van der Waals surface area contributed by atoms with Crippen molar-refractivity contribution < 1.29 is 24.2 Å². The van der Waals surface area contributed by atoms with Gasteiger partial charge in [-0.05, 0) is 29.2 Å². The van der Waals surface area contributed by atoms with Crippen LogP contribution in [0.4, 0.5) is 4.79 Å². The molecule has 2 aromatic rings. The molecule has 7 heteroatoms. The van der Waals surface area contributed by atoms with E-state index in [9.17, 15) is 14.4 Å². The Hall–Kier alpha value is -4.23. The van der Waals surface area contributed by atoms with E-state index >= 15 is 0 Å². The third kappa shape index (κ3) is 5.47. The van der Waals surface area contributed by atoms with Crippen LogP contribution in [0.3, 0.4) is 0 Å². The number of ether oxygens (including phenoxy) is 1. The first-order valence-corrected chi connectivity index (χ1v) is 10.0. The van der Waals surface area contributed by atoms with Gasteiger partial charge in [0.05, 0.1) is 6.54 Å². The van der Waals surface area contributed by atoms with E-state index in [1.807, 2.05) is 54.5 Å². The van der Waals surface area contributed by atoms with Gasteiger partial charge >= 0.3 is 12.1 Å². The van der Waals surface area contributed by atoms with E-state index in [0.717, 1.165) is 22.3 Å². The van der Waals surface area contributed by atoms with Gasteiger partial charge in [-0.25, -0.2) is 9.59 Å². The molecular weight excluding hydrogens is 408 g/mol. The van der Waals surface area contributed by atoms with Crippen LogP contribution in [0.15, 0.2) is 48.5 Å². The SMILES string of the molecule is CC#CCC(NC(=O)OCC1c2ccccc2-c2ccccc21)C(=O)NCC#CC(=O)O. The summed E-state index contributed by atoms with van der Waals surface area (Å²) in [7, 11) is 0. The molecule has 162 valence electrons. The van der Waals surface area contributed by atoms with E-state index in [2.05, 4.69) is 28.4 Å². The molecule has 0 radical (unpaired) electrons. The molecule has 1 aliphatic rings. The van der Waals surface area contributed by atoms with Crippen LogP contribution in [0.2, 0.25) is 0 Å². The van der Waals surface area contributed by atoms with E-state index < -0.39 is 24.0 Å². The minimum atomic E-state index is -1.29. The summed E-state index contributed by atoms with van der Waals surface area (Å²) >= 11 is 0. The van der Waals surface area contributed by atoms with Gasteiger partial charge in [0.1, 0.15) is 12.6 Å². The van der Waals surface area contributed by atoms with Crippen molar-refractivity contribution in [3.63, 3.8) is 0 Å². The molecule has 1 aliphatic carbocycles. The molecule has 3 N–H and O–H groups in total. The van der Waals surface area contributed by atoms with Crippen molar-refractivity contribution in [1.29, 1.82) is 0 Å². The Balaban J connectivity index is 1.63. The van der Waals surface area contributed by atoms with Gasteiger partial charge in [0, 0.05) is 18.3 Å². The second-order valence-corrected chi connectivity index (χ2v) is 6.98. The predicted octanol–water partition coefficient (Wildman–Crippen LogP) is 2.51. The molecule has 7 nitrogen and oxygen atoms in total. The van der Waals surface area contributed by atoms with Crippen LogP contribution in [0.1, 0.15) is 30.4 Å². The van der Waals surface area contributed by atoms with Crippen molar-refractivity contribution in [2.75, 3.05) is 13.2 Å². The Bertz CT molecular complexity index is 1100. The normalized spacial score (nSPS) is 12.0. The van der Waals surface area contributed by atoms with Gasteiger partial charge < -0.3 is 20.5 Å². The van der Waals surface area contributed by atoms with Crippen molar-refractivity contribution in [3.8, 4) is 34.8 Å². The summed E-state index contributed by atoms with van der Waals surface area (Å²) in [6.45, 7) is 1.59. The standard InChI is InChI=1S/C25H22N2O5/c1-2-3-13-22(24(30)26-15-8-14-23(28)29)27-25(31)32-16-21-19-11-6-4-9-17(19)18-10-5-7-12-20(18)21/h4-7,9-12,21-22H,13,15-16H2,1H3,(H,26,30)(H,27,31)(H,28,29). The molecule has 32 heavy (non-hydrogen) atoms. The topological polar surface area (TPSA) is 105 Å². The molecule has 0 saturated heterocycles. The number of benzene rings is 2. The minimum absolute atomic E-state index is 0.0822. The molecule has 0 saturated carbocycles. The van der Waals surface area contributed by atoms with Crippen LogP contribution in [0, 0.1) is 23.7 Å². The Morgan fingerprint density at radius 1 is 1.03 bits per heavy atom. The Labute approximate surface area is 186 Å². The molecule has 0 bridgehead atoms. The van der Waals surface area contributed by atoms with Crippen molar-refractivity contribution in [2.45, 2.75) is 25.3 Å². The van der Waals surface area contributed by atoms with Gasteiger partial charge in [-0.15, -0.1) is 11.8 Å². The fourth-order valence-electron chi connectivity index (χ4n) is 3.57. The van der Waals surface area contributed by atoms with Gasteiger partial charge in [-0.2, -0.15) is 0 Å². The van der Waals surface area contributed by atoms with Gasteiger partial charge in [-0.3, -0.25) is 4.79 Å². The Morgan fingerprint density at radius 2 is 1.66 bits per heavy atom. The second-order valence-electron chi connectivity index (χ2n) is 6.98. The van der Waals surface area contributed by atoms with Gasteiger partial charge in [0.25, 0.3) is 0 Å². The number of aliphatic carboxylic acids is 1. The number of fused-ring (bicyclic) bond motifs is 3. The van der Waals surface area contributed by atoms with Crippen LogP contribution in [-0.2, 0) is 14.3 Å². The number of hydrogen-bond acceptors (Lipinski definition) is 4. The highest BCUT2D eigenvalue weighted by molar-refractivity contribution is 5.88. The summed E-state index contributed by atoms with van der Waals surface area (Å²) in [5.41, 5.74) is 4.42. The molecule has 1 atom stereocenters. The van der Waals surface area contributed by atoms with Crippen LogP contribution < -0.4 is 10.6 Å². The van der Waals surface area contributed by atoms with Crippen molar-refractivity contribution in [3.05, 3.63) is 59.7 Å². The Morgan fingerprint density at radius 3 is 2.25 bits per heavy atom. The van der Waals surface area contributed by atoms with Gasteiger partial charge in [-0.1, -0.05) is 54.5 Å². The predicted molar refractivity (Wildman–Crippen MR) is 118 cm³/mol. The molecule has 0 heterocycles. The monoisotopic (exact) mass is 430 g/mol. The average Bonchev–Trinajstić information content (AvgIpc) is 3.11. The largest absolute Gasteiger partial charge is 0.472 e. The van der Waals surface area contributed by atoms with Gasteiger partial charge in [0.2, 0.25) is 5.91 Å². The van der Waals surface area contributed by atoms with E-state index in [0.29, 0.717) is 0 Å². The summed E-state index contributed by atoms with van der Waals surface area (Å²) in [6.07, 6.45) is -0.652. The van der Waals surface area contributed by atoms with Crippen molar-refractivity contribution in [2.24, 2.45) is 0 Å². The first-order valence-electron chi connectivity index (χ1n) is 10.0. The third-order valence-electron chi connectivity index (χ3n) is 4.98. The van der Waals surface area contributed by atoms with Gasteiger partial charge in [0.15, 0.2) is 0 Å². The number of carboxylic acid groups (broad SMARTS) is 1. The van der Waals surface area contributed by atoms with E-state index in [1.54, 1.807) is 6.92 Å². The number of nitrogens with one attached hydrogen (secondary N) is 2. The number of hydrogen-bond donors (Lipinski definition) is 3. The maximum absolute atomic E-state index is 12.5. The van der Waals surface area contributed by atoms with E-state index in [4.69, 9.17) is 9.84 Å². The lowest BCUT2D eigenvalue weighted by Gasteiger charge is -2.18. The maximum Gasteiger partial charge on any atom is 0.407 e. The smallest absolute Gasteiger partial charge is 0.407 e. The highest BCUT2D eigenvalue weighted by Gasteiger charge is 2.29. The maximum atomic E-state index is 12.5. The third-order valence-corrected chi connectivity index (χ3v) is 4.98. The van der Waals surface area contributed by atoms with Crippen molar-refractivity contribution >= 4 is 18.0 Å². The first kappa shape index (κ1) is 22.5. The van der Waals surface area contributed by atoms with Crippen LogP contribution in [0.5, 0.6) is 0 Å². The van der Waals surface area contributed by atoms with Crippen LogP contribution in [0.25, 0.3) is 11.1 Å². The lowest BCUT2D eigenvalue weighted by molar-refractivity contribution is -0.130. The molecule has 0 aliphatic heterocycles. The number of carbonyl (C=O) groups excluding carboxylic acids is 2. The molecule has 0 spiro atoms. The lowest BCUT2D eigenvalue weighted by atomic mass is 9.98. The zero-order chi connectivity index (χ0) is 22.9. The number of alkyl carbamates (subject to hydrolysis) is 1. The summed E-state index contributed by atoms with van der Waals surface area (Å²) in [6, 6.07) is 15.0. The van der Waals surface area contributed by atoms with Crippen LogP contribution >= 0.6 is 0 Å². The van der Waals surface area contributed by atoms with Crippen molar-refractivity contribution in [1.82, 2.24) is 10.6 Å². The number of carbonyl (C=O) groups is 3. The summed E-state index contributed by atoms with van der Waals surface area (Å²) in [4.78, 5) is 35.2. The average molecular weight is 430 g/mol. The minimum Gasteiger partial charge on any atom is -0.472 e.